The van der Waals surface area contributed by atoms with Crippen LogP contribution in [0.4, 0.5) is 0 Å². The van der Waals surface area contributed by atoms with Crippen molar-refractivity contribution in [3.63, 3.8) is 0 Å². The minimum absolute atomic E-state index is 0.120. The summed E-state index contributed by atoms with van der Waals surface area (Å²) in [6.45, 7) is 5.22. The zero-order valence-corrected chi connectivity index (χ0v) is 7.70. The molecule has 0 aliphatic heterocycles. The Hall–Kier alpha value is -1.28. The van der Waals surface area contributed by atoms with Crippen molar-refractivity contribution < 1.29 is 10.2 Å². The van der Waals surface area contributed by atoms with Crippen LogP contribution in [0.3, 0.4) is 0 Å². The fraction of sp³-hybridized carbons (Fsp3) is 0.273. The predicted octanol–water partition coefficient (Wildman–Crippen LogP) is 2.18. The Morgan fingerprint density at radius 3 is 2.62 bits per heavy atom. The zero-order chi connectivity index (χ0) is 9.90. The molecule has 2 N–H and O–H groups in total. The van der Waals surface area contributed by atoms with Gasteiger partial charge in [-0.05, 0) is 19.4 Å². The molecule has 0 radical (unpaired) electrons. The van der Waals surface area contributed by atoms with Crippen LogP contribution in [0.2, 0.25) is 0 Å². The molecule has 0 unspecified atom stereocenters. The largest absolute Gasteiger partial charge is 0.508 e. The van der Waals surface area contributed by atoms with Crippen molar-refractivity contribution in [2.45, 2.75) is 18.9 Å². The summed E-state index contributed by atoms with van der Waals surface area (Å²) in [6, 6.07) is 6.78. The van der Waals surface area contributed by atoms with Crippen molar-refractivity contribution in [3.05, 3.63) is 42.5 Å². The maximum absolute atomic E-state index is 9.94. The van der Waals surface area contributed by atoms with Crippen LogP contribution in [-0.2, 0) is 5.60 Å². The maximum Gasteiger partial charge on any atom is 0.121 e. The fourth-order valence-electron chi connectivity index (χ4n) is 1.32. The smallest absolute Gasteiger partial charge is 0.121 e. The van der Waals surface area contributed by atoms with Gasteiger partial charge in [0.25, 0.3) is 0 Å². The standard InChI is InChI=1S/C11H14O2/c1-3-8-11(2,13)9-6-4-5-7-10(9)12/h3-7,12-13H,1,8H2,2H3/t11-/m1/s1. The average molecular weight is 178 g/mol. The third-order valence-electron chi connectivity index (χ3n) is 2.03. The third-order valence-corrected chi connectivity index (χ3v) is 2.03. The number of para-hydroxylation sites is 1. The highest BCUT2D eigenvalue weighted by molar-refractivity contribution is 5.36. The molecule has 0 aliphatic rings. The van der Waals surface area contributed by atoms with Gasteiger partial charge in [0.05, 0.1) is 5.60 Å². The van der Waals surface area contributed by atoms with Crippen LogP contribution in [0.1, 0.15) is 18.9 Å². The van der Waals surface area contributed by atoms with E-state index in [0.717, 1.165) is 0 Å². The molecule has 0 aromatic heterocycles. The lowest BCUT2D eigenvalue weighted by Crippen LogP contribution is -2.19. The van der Waals surface area contributed by atoms with E-state index in [9.17, 15) is 10.2 Å². The second-order valence-electron chi connectivity index (χ2n) is 3.28. The quantitative estimate of drug-likeness (QED) is 0.696. The lowest BCUT2D eigenvalue weighted by Gasteiger charge is -2.22. The summed E-state index contributed by atoms with van der Waals surface area (Å²) in [6.07, 6.45) is 2.05. The van der Waals surface area contributed by atoms with Crippen LogP contribution in [-0.4, -0.2) is 10.2 Å². The Morgan fingerprint density at radius 2 is 2.08 bits per heavy atom. The summed E-state index contributed by atoms with van der Waals surface area (Å²) in [5.41, 5.74) is -0.498. The van der Waals surface area contributed by atoms with E-state index in [4.69, 9.17) is 0 Å². The van der Waals surface area contributed by atoms with Gasteiger partial charge in [0.15, 0.2) is 0 Å². The van der Waals surface area contributed by atoms with Gasteiger partial charge < -0.3 is 10.2 Å². The molecule has 0 saturated carbocycles. The first-order valence-corrected chi connectivity index (χ1v) is 4.19. The molecule has 13 heavy (non-hydrogen) atoms. The number of hydrogen-bond acceptors (Lipinski definition) is 2. The summed E-state index contributed by atoms with van der Waals surface area (Å²) in [5.74, 6) is 0.120. The maximum atomic E-state index is 9.94. The molecule has 0 amide bonds. The molecule has 70 valence electrons. The normalized spacial score (nSPS) is 14.9. The first-order valence-electron chi connectivity index (χ1n) is 4.19. The average Bonchev–Trinajstić information content (AvgIpc) is 2.04. The summed E-state index contributed by atoms with van der Waals surface area (Å²) in [7, 11) is 0. The Morgan fingerprint density at radius 1 is 1.46 bits per heavy atom. The fourth-order valence-corrected chi connectivity index (χ4v) is 1.32. The topological polar surface area (TPSA) is 40.5 Å². The molecule has 0 aliphatic carbocycles. The summed E-state index contributed by atoms with van der Waals surface area (Å²) in [5, 5.41) is 19.4. The van der Waals surface area contributed by atoms with E-state index in [-0.39, 0.29) is 5.75 Å². The molecule has 0 spiro atoms. The van der Waals surface area contributed by atoms with Gasteiger partial charge in [-0.1, -0.05) is 24.3 Å². The molecule has 2 nitrogen and oxygen atoms in total. The molecule has 0 heterocycles. The van der Waals surface area contributed by atoms with E-state index in [0.29, 0.717) is 12.0 Å². The number of phenolic OH excluding ortho intramolecular Hbond substituents is 1. The summed E-state index contributed by atoms with van der Waals surface area (Å²) in [4.78, 5) is 0. The lowest BCUT2D eigenvalue weighted by molar-refractivity contribution is 0.0581. The highest BCUT2D eigenvalue weighted by Crippen LogP contribution is 2.31. The number of hydrogen-bond donors (Lipinski definition) is 2. The van der Waals surface area contributed by atoms with Gasteiger partial charge >= 0.3 is 0 Å². The molecule has 1 aromatic rings. The lowest BCUT2D eigenvalue weighted by atomic mass is 9.92. The highest BCUT2D eigenvalue weighted by Gasteiger charge is 2.23. The number of aliphatic hydroxyl groups is 1. The van der Waals surface area contributed by atoms with Crippen LogP contribution in [0.25, 0.3) is 0 Å². The second-order valence-corrected chi connectivity index (χ2v) is 3.28. The molecule has 0 bridgehead atoms. The minimum atomic E-state index is -1.03. The van der Waals surface area contributed by atoms with E-state index in [1.165, 1.54) is 0 Å². The Balaban J connectivity index is 3.06. The SMILES string of the molecule is C=CC[C@@](C)(O)c1ccccc1O. The van der Waals surface area contributed by atoms with E-state index in [2.05, 4.69) is 6.58 Å². The first-order chi connectivity index (χ1) is 6.08. The molecule has 0 saturated heterocycles. The summed E-state index contributed by atoms with van der Waals surface area (Å²) < 4.78 is 0. The molecular formula is C11H14O2. The number of aromatic hydroxyl groups is 1. The number of benzene rings is 1. The molecule has 1 atom stereocenters. The van der Waals surface area contributed by atoms with Crippen LogP contribution >= 0.6 is 0 Å². The monoisotopic (exact) mass is 178 g/mol. The predicted molar refractivity (Wildman–Crippen MR) is 52.5 cm³/mol. The zero-order valence-electron chi connectivity index (χ0n) is 7.70. The first kappa shape index (κ1) is 9.81. The molecule has 1 rings (SSSR count). The Labute approximate surface area is 78.2 Å². The van der Waals surface area contributed by atoms with Gasteiger partial charge in [0.1, 0.15) is 5.75 Å². The van der Waals surface area contributed by atoms with Crippen molar-refractivity contribution in [1.82, 2.24) is 0 Å². The highest BCUT2D eigenvalue weighted by atomic mass is 16.3. The van der Waals surface area contributed by atoms with Gasteiger partial charge in [-0.2, -0.15) is 0 Å². The van der Waals surface area contributed by atoms with Crippen molar-refractivity contribution in [3.8, 4) is 5.75 Å². The van der Waals surface area contributed by atoms with Crippen molar-refractivity contribution in [2.24, 2.45) is 0 Å². The second kappa shape index (κ2) is 3.62. The van der Waals surface area contributed by atoms with Gasteiger partial charge in [0.2, 0.25) is 0 Å². The molecular weight excluding hydrogens is 164 g/mol. The van der Waals surface area contributed by atoms with E-state index in [1.807, 2.05) is 0 Å². The third kappa shape index (κ3) is 2.10. The summed E-state index contributed by atoms with van der Waals surface area (Å²) >= 11 is 0. The van der Waals surface area contributed by atoms with Crippen molar-refractivity contribution in [1.29, 1.82) is 0 Å². The van der Waals surface area contributed by atoms with Crippen molar-refractivity contribution >= 4 is 0 Å². The molecule has 1 aromatic carbocycles. The number of phenols is 1. The van der Waals surface area contributed by atoms with Gasteiger partial charge in [-0.15, -0.1) is 6.58 Å². The van der Waals surface area contributed by atoms with Crippen LogP contribution in [0.15, 0.2) is 36.9 Å². The van der Waals surface area contributed by atoms with Crippen molar-refractivity contribution in [2.75, 3.05) is 0 Å². The van der Waals surface area contributed by atoms with E-state index in [1.54, 1.807) is 37.3 Å². The minimum Gasteiger partial charge on any atom is -0.508 e. The Kier molecular flexibility index (Phi) is 2.73. The molecule has 2 heteroatoms. The van der Waals surface area contributed by atoms with Crippen LogP contribution < -0.4 is 0 Å². The van der Waals surface area contributed by atoms with E-state index >= 15 is 0 Å². The van der Waals surface area contributed by atoms with Gasteiger partial charge in [-0.3, -0.25) is 0 Å². The Bertz CT molecular complexity index is 303. The molecule has 0 fully saturated rings. The van der Waals surface area contributed by atoms with Crippen LogP contribution in [0, 0.1) is 0 Å². The van der Waals surface area contributed by atoms with E-state index < -0.39 is 5.60 Å². The van der Waals surface area contributed by atoms with Gasteiger partial charge in [-0.25, -0.2) is 0 Å². The van der Waals surface area contributed by atoms with Crippen LogP contribution in [0.5, 0.6) is 5.75 Å². The van der Waals surface area contributed by atoms with Gasteiger partial charge in [0, 0.05) is 5.56 Å². The number of rotatable bonds is 3.